The van der Waals surface area contributed by atoms with Crippen LogP contribution in [0.5, 0.6) is 0 Å². The molecule has 49 heavy (non-hydrogen) atoms. The molecule has 0 bridgehead atoms. The molecule has 2 aliphatic heterocycles. The molecule has 9 nitrogen and oxygen atoms in total. The standard InChI is InChI=1S/C39H46BrN7O2/c40-33-11-5-29(6-12-33)32-27-36(30-7-13-34(14-8-30)43-38(48)3-1-21-46-23-17-41-18-24-46)45-37(28-32)31-9-15-35(16-10-31)44-39(49)4-2-22-47-25-19-42-20-26-47/h5-16,27-28,41-42H,1-4,17-26H2,(H,43,48)(H,44,49). The first-order chi connectivity index (χ1) is 24.0. The van der Waals surface area contributed by atoms with Gasteiger partial charge in [0.05, 0.1) is 11.4 Å². The van der Waals surface area contributed by atoms with Crippen LogP contribution in [0.1, 0.15) is 25.7 Å². The lowest BCUT2D eigenvalue weighted by molar-refractivity contribution is -0.117. The number of rotatable bonds is 13. The molecule has 0 spiro atoms. The second kappa shape index (κ2) is 17.6. The summed E-state index contributed by atoms with van der Waals surface area (Å²) in [6.45, 7) is 10.2. The molecule has 3 aromatic carbocycles. The zero-order chi connectivity index (χ0) is 33.8. The van der Waals surface area contributed by atoms with Gasteiger partial charge in [-0.25, -0.2) is 4.98 Å². The Morgan fingerprint density at radius 1 is 0.592 bits per heavy atom. The highest BCUT2D eigenvalue weighted by atomic mass is 79.9. The van der Waals surface area contributed by atoms with E-state index in [2.05, 4.69) is 71.3 Å². The lowest BCUT2D eigenvalue weighted by Gasteiger charge is -2.26. The summed E-state index contributed by atoms with van der Waals surface area (Å²) in [6, 6.07) is 28.3. The van der Waals surface area contributed by atoms with Gasteiger partial charge >= 0.3 is 0 Å². The van der Waals surface area contributed by atoms with Crippen LogP contribution in [-0.2, 0) is 9.59 Å². The Kier molecular flexibility index (Phi) is 12.6. The van der Waals surface area contributed by atoms with Gasteiger partial charge in [-0.15, -0.1) is 0 Å². The number of nitrogens with one attached hydrogen (secondary N) is 4. The minimum atomic E-state index is 0.0374. The van der Waals surface area contributed by atoms with Crippen LogP contribution >= 0.6 is 15.9 Å². The molecule has 3 heterocycles. The van der Waals surface area contributed by atoms with Crippen molar-refractivity contribution in [1.29, 1.82) is 0 Å². The number of amides is 2. The van der Waals surface area contributed by atoms with Crippen molar-refractivity contribution < 1.29 is 9.59 Å². The molecule has 0 aliphatic carbocycles. The lowest BCUT2D eigenvalue weighted by Crippen LogP contribution is -2.43. The Labute approximate surface area is 298 Å². The summed E-state index contributed by atoms with van der Waals surface area (Å²) in [6.07, 6.45) is 2.71. The molecule has 0 unspecified atom stereocenters. The van der Waals surface area contributed by atoms with Crippen LogP contribution in [0, 0.1) is 0 Å². The second-order valence-electron chi connectivity index (χ2n) is 12.8. The second-order valence-corrected chi connectivity index (χ2v) is 13.7. The first kappa shape index (κ1) is 34.9. The van der Waals surface area contributed by atoms with Gasteiger partial charge in [-0.05, 0) is 85.6 Å². The molecule has 4 N–H and O–H groups in total. The van der Waals surface area contributed by atoms with Gasteiger partial charge in [-0.1, -0.05) is 52.3 Å². The molecule has 10 heteroatoms. The largest absolute Gasteiger partial charge is 0.326 e. The van der Waals surface area contributed by atoms with E-state index in [4.69, 9.17) is 4.98 Å². The van der Waals surface area contributed by atoms with Gasteiger partial charge in [0.25, 0.3) is 0 Å². The predicted molar refractivity (Wildman–Crippen MR) is 203 cm³/mol. The van der Waals surface area contributed by atoms with Crippen LogP contribution in [-0.4, -0.2) is 92.0 Å². The first-order valence-corrected chi connectivity index (χ1v) is 18.2. The predicted octanol–water partition coefficient (Wildman–Crippen LogP) is 6.09. The number of benzene rings is 3. The van der Waals surface area contributed by atoms with Crippen molar-refractivity contribution >= 4 is 39.1 Å². The Hall–Kier alpha value is -3.93. The number of hydrogen-bond acceptors (Lipinski definition) is 7. The summed E-state index contributed by atoms with van der Waals surface area (Å²) in [5, 5.41) is 12.8. The molecule has 0 radical (unpaired) electrons. The number of nitrogens with zero attached hydrogens (tertiary/aromatic N) is 3. The summed E-state index contributed by atoms with van der Waals surface area (Å²) in [5.74, 6) is 0.0748. The molecule has 256 valence electrons. The summed E-state index contributed by atoms with van der Waals surface area (Å²) in [4.78, 5) is 35.2. The van der Waals surface area contributed by atoms with Crippen LogP contribution in [0.4, 0.5) is 11.4 Å². The van der Waals surface area contributed by atoms with Crippen molar-refractivity contribution in [2.75, 3.05) is 76.1 Å². The van der Waals surface area contributed by atoms with Crippen LogP contribution < -0.4 is 21.3 Å². The first-order valence-electron chi connectivity index (χ1n) is 17.4. The minimum absolute atomic E-state index is 0.0374. The van der Waals surface area contributed by atoms with Gasteiger partial charge in [0.2, 0.25) is 11.8 Å². The van der Waals surface area contributed by atoms with Gasteiger partial charge in [0.15, 0.2) is 0 Å². The molecule has 2 saturated heterocycles. The number of aromatic nitrogens is 1. The third-order valence-electron chi connectivity index (χ3n) is 9.11. The Balaban J connectivity index is 1.11. The molecule has 0 atom stereocenters. The van der Waals surface area contributed by atoms with Gasteiger partial charge in [0, 0.05) is 92.2 Å². The maximum atomic E-state index is 12.6. The van der Waals surface area contributed by atoms with Crippen molar-refractivity contribution in [2.45, 2.75) is 25.7 Å². The number of carbonyl (C=O) groups is 2. The molecule has 2 aliphatic rings. The number of anilines is 2. The monoisotopic (exact) mass is 723 g/mol. The fourth-order valence-corrected chi connectivity index (χ4v) is 6.59. The zero-order valence-corrected chi connectivity index (χ0v) is 29.6. The lowest BCUT2D eigenvalue weighted by atomic mass is 10.00. The van der Waals surface area contributed by atoms with E-state index in [1.165, 1.54) is 0 Å². The fraction of sp³-hybridized carbons (Fsp3) is 0.359. The summed E-state index contributed by atoms with van der Waals surface area (Å²) >= 11 is 3.55. The summed E-state index contributed by atoms with van der Waals surface area (Å²) in [5.41, 5.74) is 7.29. The minimum Gasteiger partial charge on any atom is -0.326 e. The average Bonchev–Trinajstić information content (AvgIpc) is 3.13. The maximum Gasteiger partial charge on any atom is 0.224 e. The molecule has 6 rings (SSSR count). The van der Waals surface area contributed by atoms with Crippen LogP contribution in [0.25, 0.3) is 33.6 Å². The van der Waals surface area contributed by atoms with Crippen LogP contribution in [0.2, 0.25) is 0 Å². The fourth-order valence-electron chi connectivity index (χ4n) is 6.33. The van der Waals surface area contributed by atoms with Crippen molar-refractivity contribution in [3.63, 3.8) is 0 Å². The highest BCUT2D eigenvalue weighted by Crippen LogP contribution is 2.32. The number of pyridine rings is 1. The van der Waals surface area contributed by atoms with Gasteiger partial charge in [-0.3, -0.25) is 9.59 Å². The number of hydrogen-bond donors (Lipinski definition) is 4. The van der Waals surface area contributed by atoms with Crippen molar-refractivity contribution in [2.24, 2.45) is 0 Å². The Bertz CT molecular complexity index is 1570. The smallest absolute Gasteiger partial charge is 0.224 e. The van der Waals surface area contributed by atoms with E-state index in [0.29, 0.717) is 12.8 Å². The number of carbonyl (C=O) groups excluding carboxylic acids is 2. The van der Waals surface area contributed by atoms with E-state index in [1.807, 2.05) is 60.7 Å². The van der Waals surface area contributed by atoms with Crippen molar-refractivity contribution in [3.05, 3.63) is 89.4 Å². The van der Waals surface area contributed by atoms with Crippen molar-refractivity contribution in [1.82, 2.24) is 25.4 Å². The highest BCUT2D eigenvalue weighted by Gasteiger charge is 2.13. The zero-order valence-electron chi connectivity index (χ0n) is 28.0. The van der Waals surface area contributed by atoms with E-state index in [0.717, 1.165) is 128 Å². The molecule has 2 fully saturated rings. The molecular formula is C39H46BrN7O2. The third-order valence-corrected chi connectivity index (χ3v) is 9.64. The average molecular weight is 725 g/mol. The van der Waals surface area contributed by atoms with Gasteiger partial charge in [-0.2, -0.15) is 0 Å². The molecular weight excluding hydrogens is 678 g/mol. The SMILES string of the molecule is O=C(CCCN1CCNCC1)Nc1ccc(-c2cc(-c3ccc(Br)cc3)cc(-c3ccc(NC(=O)CCCN4CCNCC4)cc3)n2)cc1. The quantitative estimate of drug-likeness (QED) is 0.132. The van der Waals surface area contributed by atoms with E-state index in [-0.39, 0.29) is 11.8 Å². The van der Waals surface area contributed by atoms with Crippen LogP contribution in [0.3, 0.4) is 0 Å². The number of halogens is 1. The van der Waals surface area contributed by atoms with Gasteiger partial charge in [0.1, 0.15) is 0 Å². The molecule has 4 aromatic rings. The maximum absolute atomic E-state index is 12.6. The highest BCUT2D eigenvalue weighted by molar-refractivity contribution is 9.10. The van der Waals surface area contributed by atoms with E-state index in [9.17, 15) is 9.59 Å². The molecule has 1 aromatic heterocycles. The Morgan fingerprint density at radius 3 is 1.43 bits per heavy atom. The Morgan fingerprint density at radius 2 is 1.00 bits per heavy atom. The summed E-state index contributed by atoms with van der Waals surface area (Å²) in [7, 11) is 0. The van der Waals surface area contributed by atoms with Crippen LogP contribution in [0.15, 0.2) is 89.4 Å². The van der Waals surface area contributed by atoms with Gasteiger partial charge < -0.3 is 31.1 Å². The molecule has 2 amide bonds. The molecule has 0 saturated carbocycles. The normalized spacial score (nSPS) is 15.5. The van der Waals surface area contributed by atoms with Crippen molar-refractivity contribution in [3.8, 4) is 33.6 Å². The van der Waals surface area contributed by atoms with E-state index in [1.54, 1.807) is 0 Å². The topological polar surface area (TPSA) is 102 Å². The van der Waals surface area contributed by atoms with E-state index >= 15 is 0 Å². The van der Waals surface area contributed by atoms with E-state index < -0.39 is 0 Å². The number of piperazine rings is 2. The summed E-state index contributed by atoms with van der Waals surface area (Å²) < 4.78 is 1.02. The third kappa shape index (κ3) is 10.5.